The maximum Gasteiger partial charge on any atom is 6.00 e. The van der Waals surface area contributed by atoms with E-state index in [2.05, 4.69) is 28.2 Å². The molecule has 7 rings (SSSR count). The molecule has 0 aliphatic carbocycles. The van der Waals surface area contributed by atoms with Crippen LogP contribution in [0, 0.1) is 11.8 Å². The third-order valence-electron chi connectivity index (χ3n) is 11.0. The van der Waals surface area contributed by atoms with Crippen molar-refractivity contribution in [2.45, 2.75) is 159 Å². The summed E-state index contributed by atoms with van der Waals surface area (Å²) in [5.41, 5.74) is 0. The Morgan fingerprint density at radius 1 is 0.532 bits per heavy atom. The zero-order valence-electron chi connectivity index (χ0n) is 29.0. The molecule has 7 heterocycles. The van der Waals surface area contributed by atoms with Crippen molar-refractivity contribution in [1.82, 2.24) is 5.06 Å². The second kappa shape index (κ2) is 21.6. The Morgan fingerprint density at radius 3 is 1.34 bits per heavy atom. The fraction of sp³-hybridized carbons (Fsp3) is 0.944. The van der Waals surface area contributed by atoms with Gasteiger partial charge in [0.15, 0.2) is 0 Å². The summed E-state index contributed by atoms with van der Waals surface area (Å²) in [4.78, 5) is 28.6. The van der Waals surface area contributed by atoms with Gasteiger partial charge in [0.05, 0.1) is 6.61 Å². The van der Waals surface area contributed by atoms with Crippen LogP contribution < -0.4 is 0 Å². The summed E-state index contributed by atoms with van der Waals surface area (Å²) >= 11 is 0. The molecule has 11 heteroatoms. The normalized spacial score (nSPS) is 36.7. The third kappa shape index (κ3) is 13.0. The van der Waals surface area contributed by atoms with E-state index in [9.17, 15) is 9.59 Å². The Labute approximate surface area is 298 Å². The van der Waals surface area contributed by atoms with Crippen molar-refractivity contribution in [3.05, 3.63) is 31.9 Å². The molecular formula is C36H61N7O3Ru. The van der Waals surface area contributed by atoms with E-state index in [1.165, 1.54) is 83.5 Å². The van der Waals surface area contributed by atoms with E-state index in [4.69, 9.17) is 15.5 Å². The van der Waals surface area contributed by atoms with Crippen molar-refractivity contribution in [3.8, 4) is 0 Å². The van der Waals surface area contributed by atoms with Gasteiger partial charge in [-0.1, -0.05) is 110 Å². The first-order valence-corrected chi connectivity index (χ1v) is 19.0. The van der Waals surface area contributed by atoms with Gasteiger partial charge in [-0.3, -0.25) is 14.4 Å². The zero-order valence-corrected chi connectivity index (χ0v) is 30.7. The Kier molecular flexibility index (Phi) is 18.1. The Balaban J connectivity index is 0.000000170. The number of carbonyl (C=O) groups is 2. The van der Waals surface area contributed by atoms with Gasteiger partial charge < -0.3 is 31.9 Å². The van der Waals surface area contributed by atoms with Crippen molar-refractivity contribution in [2.24, 2.45) is 11.8 Å². The zero-order chi connectivity index (χ0) is 32.0. The van der Waals surface area contributed by atoms with Crippen LogP contribution >= 0.6 is 0 Å². The SMILES string of the molecule is C1CCC(C2CCCC[N-]2)[N-]C1.C1CCC(C2CCCC[N-]2)[N-]C1.CC1CC[N-]C(C2CC(CON3C(=O)CCC3=O)CC[N-]2)C1.[Ru+6]. The molecule has 0 aromatic carbocycles. The molecule has 0 bridgehead atoms. The summed E-state index contributed by atoms with van der Waals surface area (Å²) in [6, 6.07) is 3.02. The topological polar surface area (TPSA) is 131 Å². The van der Waals surface area contributed by atoms with Crippen LogP contribution in [0.1, 0.15) is 122 Å². The first kappa shape index (κ1) is 39.3. The predicted octanol–water partition coefficient (Wildman–Crippen LogP) is 8.07. The van der Waals surface area contributed by atoms with Crippen LogP contribution in [-0.2, 0) is 33.9 Å². The van der Waals surface area contributed by atoms with E-state index < -0.39 is 0 Å². The summed E-state index contributed by atoms with van der Waals surface area (Å²) in [7, 11) is 0. The van der Waals surface area contributed by atoms with Crippen LogP contribution in [0.4, 0.5) is 0 Å². The van der Waals surface area contributed by atoms with Gasteiger partial charge >= 0.3 is 19.5 Å². The standard InChI is InChI=1S/C16H25N3O3.2C10H18N2.Ru/c1-11-4-6-17-13(8-11)14-9-12(5-7-18-14)10-22-19-15(20)2-3-16(19)21;2*1-3-7-11-9(5-1)10-6-2-4-8-12-10;/h11-14H,2-10H2,1H3;2*9-10H,1-8H2;/q3*-2;+6. The molecule has 0 spiro atoms. The molecule has 2 amide bonds. The minimum absolute atomic E-state index is 0. The molecule has 0 aromatic heterocycles. The fourth-order valence-electron chi connectivity index (χ4n) is 8.12. The minimum atomic E-state index is -0.210. The number of hydrogen-bond acceptors (Lipinski definition) is 3. The number of hydrogen-bond donors (Lipinski definition) is 0. The number of rotatable bonds is 6. The van der Waals surface area contributed by atoms with Crippen LogP contribution in [0.2, 0.25) is 0 Å². The van der Waals surface area contributed by atoms with Gasteiger partial charge in [-0.2, -0.15) is 41.3 Å². The molecule has 266 valence electrons. The molecule has 0 N–H and O–H groups in total. The second-order valence-electron chi connectivity index (χ2n) is 14.7. The number of carbonyl (C=O) groups excluding carboxylic acids is 2. The van der Waals surface area contributed by atoms with Crippen LogP contribution in [0.25, 0.3) is 31.9 Å². The minimum Gasteiger partial charge on any atom is -0.661 e. The van der Waals surface area contributed by atoms with E-state index in [0.29, 0.717) is 42.7 Å². The molecule has 7 saturated heterocycles. The van der Waals surface area contributed by atoms with Gasteiger partial charge in [-0.15, -0.1) is 39.3 Å². The average Bonchev–Trinajstić information content (AvgIpc) is 3.45. The number of hydroxylamine groups is 2. The Bertz CT molecular complexity index is 812. The van der Waals surface area contributed by atoms with Crippen LogP contribution in [0.15, 0.2) is 0 Å². The van der Waals surface area contributed by atoms with Crippen molar-refractivity contribution in [1.29, 1.82) is 0 Å². The molecule has 0 radical (unpaired) electrons. The summed E-state index contributed by atoms with van der Waals surface area (Å²) in [5.74, 6) is 0.668. The summed E-state index contributed by atoms with van der Waals surface area (Å²) in [5, 5.41) is 29.1. The predicted molar refractivity (Wildman–Crippen MR) is 186 cm³/mol. The molecule has 0 aromatic rings. The molecule has 7 aliphatic rings. The molecule has 0 saturated carbocycles. The Hall–Kier alpha value is -0.517. The molecule has 7 aliphatic heterocycles. The monoisotopic (exact) mass is 741 g/mol. The van der Waals surface area contributed by atoms with Gasteiger partial charge in [-0.25, -0.2) is 0 Å². The van der Waals surface area contributed by atoms with Crippen molar-refractivity contribution >= 4 is 11.8 Å². The molecule has 47 heavy (non-hydrogen) atoms. The first-order chi connectivity index (χ1) is 22.6. The number of piperidine rings is 6. The van der Waals surface area contributed by atoms with Crippen LogP contribution in [0.3, 0.4) is 0 Å². The van der Waals surface area contributed by atoms with E-state index in [-0.39, 0.29) is 50.2 Å². The van der Waals surface area contributed by atoms with E-state index >= 15 is 0 Å². The van der Waals surface area contributed by atoms with Crippen LogP contribution in [-0.4, -0.2) is 99.0 Å². The maximum atomic E-state index is 11.6. The number of imide groups is 1. The summed E-state index contributed by atoms with van der Waals surface area (Å²) in [6.45, 7) is 8.89. The third-order valence-corrected chi connectivity index (χ3v) is 11.0. The second-order valence-corrected chi connectivity index (χ2v) is 14.7. The van der Waals surface area contributed by atoms with Gasteiger partial charge in [0.2, 0.25) is 0 Å². The molecule has 7 fully saturated rings. The summed E-state index contributed by atoms with van der Waals surface area (Å²) in [6.07, 6.45) is 20.7. The summed E-state index contributed by atoms with van der Waals surface area (Å²) < 4.78 is 0. The fourth-order valence-corrected chi connectivity index (χ4v) is 8.12. The van der Waals surface area contributed by atoms with Gasteiger partial charge in [0, 0.05) is 12.8 Å². The van der Waals surface area contributed by atoms with Crippen molar-refractivity contribution in [3.63, 3.8) is 0 Å². The molecule has 8 atom stereocenters. The van der Waals surface area contributed by atoms with Gasteiger partial charge in [0.25, 0.3) is 11.8 Å². The average molecular weight is 741 g/mol. The van der Waals surface area contributed by atoms with Crippen LogP contribution in [0.5, 0.6) is 0 Å². The molecular weight excluding hydrogens is 680 g/mol. The number of amides is 2. The van der Waals surface area contributed by atoms with Gasteiger partial charge in [-0.05, 0) is 11.8 Å². The van der Waals surface area contributed by atoms with Gasteiger partial charge in [0.1, 0.15) is 0 Å². The van der Waals surface area contributed by atoms with E-state index in [1.54, 1.807) is 0 Å². The van der Waals surface area contributed by atoms with Crippen molar-refractivity contribution < 1.29 is 33.9 Å². The molecule has 10 nitrogen and oxygen atoms in total. The maximum absolute atomic E-state index is 11.6. The number of nitrogens with zero attached hydrogens (tertiary/aromatic N) is 7. The van der Waals surface area contributed by atoms with E-state index in [0.717, 1.165) is 69.5 Å². The molecule has 8 unspecified atom stereocenters. The largest absolute Gasteiger partial charge is 6.00 e. The van der Waals surface area contributed by atoms with Crippen molar-refractivity contribution in [2.75, 3.05) is 45.9 Å². The quantitative estimate of drug-likeness (QED) is 0.202. The Morgan fingerprint density at radius 2 is 0.936 bits per heavy atom. The smallest absolute Gasteiger partial charge is 0.661 e. The van der Waals surface area contributed by atoms with E-state index in [1.807, 2.05) is 0 Å². The first-order valence-electron chi connectivity index (χ1n) is 19.0.